The van der Waals surface area contributed by atoms with Crippen molar-refractivity contribution >= 4 is 23.3 Å². The number of rotatable bonds is 8. The minimum absolute atomic E-state index is 0.0669. The van der Waals surface area contributed by atoms with Crippen LogP contribution in [0.2, 0.25) is 5.02 Å². The summed E-state index contributed by atoms with van der Waals surface area (Å²) in [5.74, 6) is 0.728. The Morgan fingerprint density at radius 3 is 2.57 bits per heavy atom. The number of nitrogens with one attached hydrogen (secondary N) is 2. The van der Waals surface area contributed by atoms with Crippen LogP contribution in [0, 0.1) is 26.6 Å². The molecule has 0 aliphatic rings. The van der Waals surface area contributed by atoms with E-state index in [0.717, 1.165) is 22.5 Å². The number of nitrogens with zero attached hydrogens (tertiary/aromatic N) is 4. The largest absolute Gasteiger partial charge is 0.367 e. The van der Waals surface area contributed by atoms with Gasteiger partial charge in [0.25, 0.3) is 0 Å². The van der Waals surface area contributed by atoms with Gasteiger partial charge < -0.3 is 10.6 Å². The van der Waals surface area contributed by atoms with E-state index >= 15 is 0 Å². The first-order valence-corrected chi connectivity index (χ1v) is 10.0. The molecule has 0 unspecified atom stereocenters. The summed E-state index contributed by atoms with van der Waals surface area (Å²) >= 11 is 5.75. The van der Waals surface area contributed by atoms with Crippen LogP contribution < -0.4 is 10.6 Å². The average Bonchev–Trinajstić information content (AvgIpc) is 3.00. The normalized spacial score (nSPS) is 10.8. The van der Waals surface area contributed by atoms with Gasteiger partial charge in [-0.25, -0.2) is 9.07 Å². The molecule has 0 saturated carbocycles. The molecule has 2 heterocycles. The van der Waals surface area contributed by atoms with Crippen molar-refractivity contribution in [2.75, 3.05) is 18.4 Å². The standard InChI is InChI=1S/C21H24ClFN6O/c1-13-14(2)28-29(15(13)3)20-8-7-19(26-27-20)24-10-11-25-21(30)9-5-16-4-6-18(23)17(22)12-16/h4,6-8,12H,5,9-11H2,1-3H3,(H,24,26)(H,25,30). The Labute approximate surface area is 179 Å². The Morgan fingerprint density at radius 1 is 1.13 bits per heavy atom. The number of aromatic nitrogens is 4. The zero-order valence-electron chi connectivity index (χ0n) is 17.2. The van der Waals surface area contributed by atoms with Gasteiger partial charge in [-0.05, 0) is 62.6 Å². The first-order valence-electron chi connectivity index (χ1n) is 9.66. The second kappa shape index (κ2) is 9.67. The molecule has 0 aliphatic heterocycles. The fourth-order valence-corrected chi connectivity index (χ4v) is 3.11. The summed E-state index contributed by atoms with van der Waals surface area (Å²) in [7, 11) is 0. The maximum absolute atomic E-state index is 13.2. The first-order chi connectivity index (χ1) is 14.3. The van der Waals surface area contributed by atoms with Gasteiger partial charge in [0.05, 0.1) is 10.7 Å². The van der Waals surface area contributed by atoms with Crippen molar-refractivity contribution in [3.05, 3.63) is 63.7 Å². The molecule has 7 nitrogen and oxygen atoms in total. The number of anilines is 1. The third kappa shape index (κ3) is 5.33. The summed E-state index contributed by atoms with van der Waals surface area (Å²) in [6.45, 7) is 6.95. The van der Waals surface area contributed by atoms with Gasteiger partial charge in [-0.3, -0.25) is 4.79 Å². The van der Waals surface area contributed by atoms with Gasteiger partial charge in [0.2, 0.25) is 5.91 Å². The molecule has 1 amide bonds. The summed E-state index contributed by atoms with van der Waals surface area (Å²) < 4.78 is 14.9. The predicted molar refractivity (Wildman–Crippen MR) is 115 cm³/mol. The highest BCUT2D eigenvalue weighted by Gasteiger charge is 2.10. The quantitative estimate of drug-likeness (QED) is 0.534. The highest BCUT2D eigenvalue weighted by molar-refractivity contribution is 6.30. The van der Waals surface area contributed by atoms with Gasteiger partial charge in [-0.1, -0.05) is 17.7 Å². The molecule has 0 atom stereocenters. The molecular formula is C21H24ClFN6O. The average molecular weight is 431 g/mol. The minimum atomic E-state index is -0.461. The molecule has 158 valence electrons. The molecule has 0 radical (unpaired) electrons. The second-order valence-corrected chi connectivity index (χ2v) is 7.42. The number of halogens is 2. The lowest BCUT2D eigenvalue weighted by Gasteiger charge is -2.08. The van der Waals surface area contributed by atoms with Gasteiger partial charge in [-0.2, -0.15) is 5.10 Å². The van der Waals surface area contributed by atoms with E-state index in [9.17, 15) is 9.18 Å². The van der Waals surface area contributed by atoms with E-state index in [1.807, 2.05) is 32.9 Å². The van der Waals surface area contributed by atoms with Crippen LogP contribution in [0.4, 0.5) is 10.2 Å². The number of amides is 1. The molecule has 1 aromatic carbocycles. The SMILES string of the molecule is Cc1nn(-c2ccc(NCCNC(=O)CCc3ccc(F)c(Cl)c3)nn2)c(C)c1C. The van der Waals surface area contributed by atoms with Crippen molar-refractivity contribution < 1.29 is 9.18 Å². The van der Waals surface area contributed by atoms with Crippen molar-refractivity contribution in [1.82, 2.24) is 25.3 Å². The topological polar surface area (TPSA) is 84.7 Å². The smallest absolute Gasteiger partial charge is 0.220 e. The summed E-state index contributed by atoms with van der Waals surface area (Å²) in [6.07, 6.45) is 0.802. The van der Waals surface area contributed by atoms with Crippen molar-refractivity contribution in [2.45, 2.75) is 33.6 Å². The van der Waals surface area contributed by atoms with Gasteiger partial charge in [-0.15, -0.1) is 10.2 Å². The van der Waals surface area contributed by atoms with Crippen molar-refractivity contribution in [2.24, 2.45) is 0 Å². The number of aryl methyl sites for hydroxylation is 2. The van der Waals surface area contributed by atoms with Crippen LogP contribution in [-0.4, -0.2) is 39.0 Å². The lowest BCUT2D eigenvalue weighted by atomic mass is 10.1. The maximum Gasteiger partial charge on any atom is 0.220 e. The van der Waals surface area contributed by atoms with E-state index in [0.29, 0.717) is 37.6 Å². The van der Waals surface area contributed by atoms with Crippen LogP contribution in [0.15, 0.2) is 30.3 Å². The third-order valence-corrected chi connectivity index (χ3v) is 5.19. The summed E-state index contributed by atoms with van der Waals surface area (Å²) in [5, 5.41) is 18.9. The molecule has 0 aliphatic carbocycles. The van der Waals surface area contributed by atoms with Gasteiger partial charge in [0.15, 0.2) is 5.82 Å². The van der Waals surface area contributed by atoms with Gasteiger partial charge >= 0.3 is 0 Å². The van der Waals surface area contributed by atoms with Crippen LogP contribution in [-0.2, 0) is 11.2 Å². The molecule has 3 rings (SSSR count). The number of hydrogen-bond acceptors (Lipinski definition) is 5. The summed E-state index contributed by atoms with van der Waals surface area (Å²) in [5.41, 5.74) is 3.96. The van der Waals surface area contributed by atoms with Crippen LogP contribution in [0.25, 0.3) is 5.82 Å². The first kappa shape index (κ1) is 21.7. The number of benzene rings is 1. The Morgan fingerprint density at radius 2 is 1.93 bits per heavy atom. The zero-order valence-corrected chi connectivity index (χ0v) is 17.9. The van der Waals surface area contributed by atoms with E-state index < -0.39 is 5.82 Å². The zero-order chi connectivity index (χ0) is 21.7. The Balaban J connectivity index is 1.41. The van der Waals surface area contributed by atoms with E-state index in [1.165, 1.54) is 6.07 Å². The molecule has 0 spiro atoms. The number of carbonyl (C=O) groups excluding carboxylic acids is 1. The highest BCUT2D eigenvalue weighted by Crippen LogP contribution is 2.17. The van der Waals surface area contributed by atoms with Gasteiger partial charge in [0.1, 0.15) is 11.6 Å². The number of carbonyl (C=O) groups is 1. The maximum atomic E-state index is 13.2. The van der Waals surface area contributed by atoms with Crippen LogP contribution in [0.5, 0.6) is 0 Å². The Kier molecular flexibility index (Phi) is 6.99. The van der Waals surface area contributed by atoms with E-state index in [2.05, 4.69) is 25.9 Å². The monoisotopic (exact) mass is 430 g/mol. The molecule has 2 N–H and O–H groups in total. The Bertz CT molecular complexity index is 1030. The van der Waals surface area contributed by atoms with E-state index in [1.54, 1.807) is 16.8 Å². The van der Waals surface area contributed by atoms with Crippen molar-refractivity contribution in [1.29, 1.82) is 0 Å². The Hall–Kier alpha value is -3.00. The van der Waals surface area contributed by atoms with Crippen molar-refractivity contribution in [3.63, 3.8) is 0 Å². The van der Waals surface area contributed by atoms with E-state index in [4.69, 9.17) is 11.6 Å². The summed E-state index contributed by atoms with van der Waals surface area (Å²) in [4.78, 5) is 12.0. The van der Waals surface area contributed by atoms with Crippen molar-refractivity contribution in [3.8, 4) is 5.82 Å². The van der Waals surface area contributed by atoms with Crippen LogP contribution >= 0.6 is 11.6 Å². The lowest BCUT2D eigenvalue weighted by molar-refractivity contribution is -0.120. The predicted octanol–water partition coefficient (Wildman–Crippen LogP) is 3.54. The minimum Gasteiger partial charge on any atom is -0.367 e. The van der Waals surface area contributed by atoms with E-state index in [-0.39, 0.29) is 10.9 Å². The molecule has 0 saturated heterocycles. The van der Waals surface area contributed by atoms with Gasteiger partial charge in [0, 0.05) is 25.2 Å². The third-order valence-electron chi connectivity index (χ3n) is 4.90. The molecule has 9 heteroatoms. The molecular weight excluding hydrogens is 407 g/mol. The molecule has 3 aromatic rings. The summed E-state index contributed by atoms with van der Waals surface area (Å²) in [6, 6.07) is 8.16. The molecule has 0 fully saturated rings. The molecule has 2 aromatic heterocycles. The fraction of sp³-hybridized carbons (Fsp3) is 0.333. The van der Waals surface area contributed by atoms with Crippen LogP contribution in [0.1, 0.15) is 28.9 Å². The molecule has 0 bridgehead atoms. The lowest BCUT2D eigenvalue weighted by Crippen LogP contribution is -2.29. The number of hydrogen-bond donors (Lipinski definition) is 2. The van der Waals surface area contributed by atoms with Crippen LogP contribution in [0.3, 0.4) is 0 Å². The second-order valence-electron chi connectivity index (χ2n) is 7.01. The fourth-order valence-electron chi connectivity index (χ4n) is 2.91. The molecule has 30 heavy (non-hydrogen) atoms. The highest BCUT2D eigenvalue weighted by atomic mass is 35.5.